The zero-order valence-electron chi connectivity index (χ0n) is 10.2. The van der Waals surface area contributed by atoms with Crippen molar-refractivity contribution in [2.24, 2.45) is 0 Å². The second kappa shape index (κ2) is 5.36. The van der Waals surface area contributed by atoms with Gasteiger partial charge in [-0.05, 0) is 55.0 Å². The van der Waals surface area contributed by atoms with Crippen LogP contribution in [0.1, 0.15) is 21.5 Å². The van der Waals surface area contributed by atoms with E-state index >= 15 is 0 Å². The van der Waals surface area contributed by atoms with Crippen molar-refractivity contribution in [2.45, 2.75) is 6.92 Å². The lowest BCUT2D eigenvalue weighted by Gasteiger charge is -2.05. The van der Waals surface area contributed by atoms with Gasteiger partial charge in [0.05, 0.1) is 7.11 Å². The van der Waals surface area contributed by atoms with Crippen LogP contribution in [0.2, 0.25) is 0 Å². The molecule has 0 radical (unpaired) electrons. The maximum Gasteiger partial charge on any atom is 0.193 e. The molecule has 0 N–H and O–H groups in total. The molecule has 0 aliphatic heterocycles. The largest absolute Gasteiger partial charge is 0.497 e. The normalized spacial score (nSPS) is 10.2. The minimum Gasteiger partial charge on any atom is -0.497 e. The van der Waals surface area contributed by atoms with Crippen LogP contribution in [0.15, 0.2) is 46.9 Å². The fraction of sp³-hybridized carbons (Fsp3) is 0.133. The number of methoxy groups -OCH3 is 1. The van der Waals surface area contributed by atoms with E-state index < -0.39 is 0 Å². The van der Waals surface area contributed by atoms with Gasteiger partial charge in [-0.3, -0.25) is 4.79 Å². The quantitative estimate of drug-likeness (QED) is 0.801. The van der Waals surface area contributed by atoms with Crippen molar-refractivity contribution >= 4 is 21.7 Å². The lowest BCUT2D eigenvalue weighted by atomic mass is 10.0. The molecule has 2 aromatic carbocycles. The molecule has 18 heavy (non-hydrogen) atoms. The minimum atomic E-state index is 0.0158. The average molecular weight is 305 g/mol. The Morgan fingerprint density at radius 1 is 1.06 bits per heavy atom. The number of ketones is 1. The number of benzene rings is 2. The summed E-state index contributed by atoms with van der Waals surface area (Å²) in [6, 6.07) is 12.8. The first kappa shape index (κ1) is 12.8. The van der Waals surface area contributed by atoms with Crippen molar-refractivity contribution in [3.8, 4) is 5.75 Å². The first-order valence-corrected chi connectivity index (χ1v) is 6.35. The van der Waals surface area contributed by atoms with Crippen molar-refractivity contribution in [1.82, 2.24) is 0 Å². The van der Waals surface area contributed by atoms with Gasteiger partial charge in [0.1, 0.15) is 5.75 Å². The standard InChI is InChI=1S/C15H13BrO2/c1-10-7-12(9-13(16)8-10)15(17)11-3-5-14(18-2)6-4-11/h3-9H,1-2H3. The van der Waals surface area contributed by atoms with Crippen LogP contribution in [0.5, 0.6) is 5.75 Å². The molecule has 2 rings (SSSR count). The Morgan fingerprint density at radius 2 is 1.72 bits per heavy atom. The highest BCUT2D eigenvalue weighted by Gasteiger charge is 2.10. The summed E-state index contributed by atoms with van der Waals surface area (Å²) in [7, 11) is 1.61. The molecular weight excluding hydrogens is 292 g/mol. The second-order valence-corrected chi connectivity index (χ2v) is 4.99. The summed E-state index contributed by atoms with van der Waals surface area (Å²) in [5, 5.41) is 0. The predicted molar refractivity (Wildman–Crippen MR) is 75.3 cm³/mol. The van der Waals surface area contributed by atoms with Crippen LogP contribution in [0, 0.1) is 6.92 Å². The molecule has 0 amide bonds. The Morgan fingerprint density at radius 3 is 2.28 bits per heavy atom. The summed E-state index contributed by atoms with van der Waals surface area (Å²) < 4.78 is 5.99. The third-order valence-corrected chi connectivity index (χ3v) is 3.11. The summed E-state index contributed by atoms with van der Waals surface area (Å²) in [5.41, 5.74) is 2.40. The third kappa shape index (κ3) is 2.79. The van der Waals surface area contributed by atoms with E-state index in [4.69, 9.17) is 4.74 Å². The summed E-state index contributed by atoms with van der Waals surface area (Å²) in [4.78, 5) is 12.3. The van der Waals surface area contributed by atoms with Gasteiger partial charge in [0.25, 0.3) is 0 Å². The third-order valence-electron chi connectivity index (χ3n) is 2.66. The van der Waals surface area contributed by atoms with Crippen molar-refractivity contribution in [2.75, 3.05) is 7.11 Å². The molecule has 0 fully saturated rings. The molecule has 0 saturated heterocycles. The smallest absolute Gasteiger partial charge is 0.193 e. The molecule has 0 saturated carbocycles. The van der Waals surface area contributed by atoms with Gasteiger partial charge in [0.2, 0.25) is 0 Å². The lowest BCUT2D eigenvalue weighted by Crippen LogP contribution is -2.01. The zero-order chi connectivity index (χ0) is 13.1. The minimum absolute atomic E-state index is 0.0158. The van der Waals surface area contributed by atoms with E-state index in [0.717, 1.165) is 15.8 Å². The molecule has 0 heterocycles. The SMILES string of the molecule is COc1ccc(C(=O)c2cc(C)cc(Br)c2)cc1. The molecule has 0 spiro atoms. The van der Waals surface area contributed by atoms with Crippen LogP contribution >= 0.6 is 15.9 Å². The van der Waals surface area contributed by atoms with Crippen molar-refractivity contribution in [3.05, 3.63) is 63.6 Å². The Bertz CT molecular complexity index is 553. The molecule has 0 aliphatic rings. The summed E-state index contributed by atoms with van der Waals surface area (Å²) >= 11 is 3.40. The van der Waals surface area contributed by atoms with Gasteiger partial charge in [-0.1, -0.05) is 15.9 Å². The van der Waals surface area contributed by atoms with E-state index in [1.54, 1.807) is 31.4 Å². The van der Waals surface area contributed by atoms with Crippen LogP contribution in [-0.4, -0.2) is 12.9 Å². The average Bonchev–Trinajstić information content (AvgIpc) is 2.37. The number of hydrogen-bond donors (Lipinski definition) is 0. The molecular formula is C15H13BrO2. The van der Waals surface area contributed by atoms with Crippen LogP contribution in [-0.2, 0) is 0 Å². The number of aryl methyl sites for hydroxylation is 1. The van der Waals surface area contributed by atoms with Gasteiger partial charge in [0, 0.05) is 15.6 Å². The number of rotatable bonds is 3. The summed E-state index contributed by atoms with van der Waals surface area (Å²) in [6.07, 6.45) is 0. The van der Waals surface area contributed by atoms with E-state index in [9.17, 15) is 4.79 Å². The zero-order valence-corrected chi connectivity index (χ0v) is 11.8. The molecule has 92 valence electrons. The van der Waals surface area contributed by atoms with Gasteiger partial charge in [0.15, 0.2) is 5.78 Å². The number of carbonyl (C=O) groups excluding carboxylic acids is 1. The fourth-order valence-corrected chi connectivity index (χ4v) is 2.38. The van der Waals surface area contributed by atoms with Gasteiger partial charge < -0.3 is 4.74 Å². The molecule has 2 nitrogen and oxygen atoms in total. The molecule has 0 aliphatic carbocycles. The first-order chi connectivity index (χ1) is 8.60. The van der Waals surface area contributed by atoms with Crippen molar-refractivity contribution < 1.29 is 9.53 Å². The van der Waals surface area contributed by atoms with Crippen LogP contribution in [0.3, 0.4) is 0 Å². The highest BCUT2D eigenvalue weighted by molar-refractivity contribution is 9.10. The monoisotopic (exact) mass is 304 g/mol. The van der Waals surface area contributed by atoms with E-state index in [1.807, 2.05) is 25.1 Å². The Hall–Kier alpha value is -1.61. The van der Waals surface area contributed by atoms with E-state index in [-0.39, 0.29) is 5.78 Å². The predicted octanol–water partition coefficient (Wildman–Crippen LogP) is 4.00. The topological polar surface area (TPSA) is 26.3 Å². The highest BCUT2D eigenvalue weighted by atomic mass is 79.9. The van der Waals surface area contributed by atoms with Crippen LogP contribution < -0.4 is 4.74 Å². The van der Waals surface area contributed by atoms with Crippen LogP contribution in [0.25, 0.3) is 0 Å². The van der Waals surface area contributed by atoms with Gasteiger partial charge >= 0.3 is 0 Å². The Balaban J connectivity index is 2.34. The van der Waals surface area contributed by atoms with Gasteiger partial charge in [-0.25, -0.2) is 0 Å². The maximum atomic E-state index is 12.3. The number of ether oxygens (including phenoxy) is 1. The lowest BCUT2D eigenvalue weighted by molar-refractivity contribution is 0.103. The molecule has 2 aromatic rings. The van der Waals surface area contributed by atoms with Crippen molar-refractivity contribution in [1.29, 1.82) is 0 Å². The molecule has 0 aromatic heterocycles. The number of halogens is 1. The molecule has 0 bridgehead atoms. The number of carbonyl (C=O) groups is 1. The Kier molecular flexibility index (Phi) is 3.82. The van der Waals surface area contributed by atoms with E-state index in [1.165, 1.54) is 0 Å². The molecule has 0 unspecified atom stereocenters. The second-order valence-electron chi connectivity index (χ2n) is 4.07. The van der Waals surface area contributed by atoms with Gasteiger partial charge in [-0.2, -0.15) is 0 Å². The molecule has 0 atom stereocenters. The Labute approximate surface area is 115 Å². The highest BCUT2D eigenvalue weighted by Crippen LogP contribution is 2.19. The first-order valence-electron chi connectivity index (χ1n) is 5.56. The van der Waals surface area contributed by atoms with Crippen LogP contribution in [0.4, 0.5) is 0 Å². The van der Waals surface area contributed by atoms with Gasteiger partial charge in [-0.15, -0.1) is 0 Å². The summed E-state index contributed by atoms with van der Waals surface area (Å²) in [5.74, 6) is 0.763. The van der Waals surface area contributed by atoms with Crippen molar-refractivity contribution in [3.63, 3.8) is 0 Å². The maximum absolute atomic E-state index is 12.3. The molecule has 3 heteroatoms. The fourth-order valence-electron chi connectivity index (χ4n) is 1.78. The summed E-state index contributed by atoms with van der Waals surface area (Å²) in [6.45, 7) is 1.97. The van der Waals surface area contributed by atoms with E-state index in [2.05, 4.69) is 15.9 Å². The van der Waals surface area contributed by atoms with E-state index in [0.29, 0.717) is 11.1 Å². The number of hydrogen-bond acceptors (Lipinski definition) is 2.